The Balaban J connectivity index is 1.92. The largest absolute Gasteiger partial charge is 0.392 e. The number of hydrogen-bond donors (Lipinski definition) is 1. The molecule has 1 aromatic rings. The maximum atomic E-state index is 9.59. The van der Waals surface area contributed by atoms with Crippen molar-refractivity contribution in [2.24, 2.45) is 5.41 Å². The highest BCUT2D eigenvalue weighted by atomic mass is 35.5. The lowest BCUT2D eigenvalue weighted by Crippen LogP contribution is -2.54. The van der Waals surface area contributed by atoms with E-state index in [4.69, 9.17) is 16.3 Å². The Morgan fingerprint density at radius 2 is 2.12 bits per heavy atom. The SMILES string of the molecule is CC1(C)C(O)CC1OCc1ccccc1Cl. The van der Waals surface area contributed by atoms with Gasteiger partial charge in [0.15, 0.2) is 0 Å². The van der Waals surface area contributed by atoms with Gasteiger partial charge in [0.1, 0.15) is 0 Å². The molecule has 2 unspecified atom stereocenters. The molecule has 16 heavy (non-hydrogen) atoms. The molecule has 1 aliphatic rings. The monoisotopic (exact) mass is 240 g/mol. The van der Waals surface area contributed by atoms with E-state index in [2.05, 4.69) is 0 Å². The summed E-state index contributed by atoms with van der Waals surface area (Å²) in [6.07, 6.45) is 0.597. The van der Waals surface area contributed by atoms with Crippen LogP contribution in [-0.4, -0.2) is 17.3 Å². The average molecular weight is 241 g/mol. The van der Waals surface area contributed by atoms with Crippen LogP contribution in [0.4, 0.5) is 0 Å². The summed E-state index contributed by atoms with van der Waals surface area (Å²) in [5.74, 6) is 0. The van der Waals surface area contributed by atoms with Gasteiger partial charge in [-0.2, -0.15) is 0 Å². The van der Waals surface area contributed by atoms with Crippen LogP contribution in [-0.2, 0) is 11.3 Å². The fourth-order valence-electron chi connectivity index (χ4n) is 1.95. The third-order valence-corrected chi connectivity index (χ3v) is 3.89. The van der Waals surface area contributed by atoms with Gasteiger partial charge < -0.3 is 9.84 Å². The molecular formula is C13H17ClO2. The molecule has 1 aromatic carbocycles. The molecule has 0 radical (unpaired) electrons. The lowest BCUT2D eigenvalue weighted by Gasteiger charge is -2.48. The van der Waals surface area contributed by atoms with Gasteiger partial charge in [-0.1, -0.05) is 43.6 Å². The average Bonchev–Trinajstić information content (AvgIpc) is 2.26. The van der Waals surface area contributed by atoms with Gasteiger partial charge in [0, 0.05) is 16.9 Å². The number of ether oxygens (including phenoxy) is 1. The van der Waals surface area contributed by atoms with Crippen LogP contribution >= 0.6 is 11.6 Å². The van der Waals surface area contributed by atoms with Crippen LogP contribution in [0.1, 0.15) is 25.8 Å². The predicted octanol–water partition coefficient (Wildman–Crippen LogP) is 3.02. The van der Waals surface area contributed by atoms with Gasteiger partial charge in [0.05, 0.1) is 18.8 Å². The van der Waals surface area contributed by atoms with Crippen molar-refractivity contribution in [3.8, 4) is 0 Å². The summed E-state index contributed by atoms with van der Waals surface area (Å²) in [6.45, 7) is 4.57. The lowest BCUT2D eigenvalue weighted by molar-refractivity contribution is -0.179. The van der Waals surface area contributed by atoms with Gasteiger partial charge in [0.2, 0.25) is 0 Å². The van der Waals surface area contributed by atoms with Gasteiger partial charge in [-0.05, 0) is 11.6 Å². The number of aliphatic hydroxyl groups excluding tert-OH is 1. The molecule has 1 aliphatic carbocycles. The smallest absolute Gasteiger partial charge is 0.0735 e. The normalized spacial score (nSPS) is 27.5. The highest BCUT2D eigenvalue weighted by molar-refractivity contribution is 6.31. The summed E-state index contributed by atoms with van der Waals surface area (Å²) in [7, 11) is 0. The van der Waals surface area contributed by atoms with Crippen LogP contribution in [0.2, 0.25) is 5.02 Å². The minimum Gasteiger partial charge on any atom is -0.392 e. The Morgan fingerprint density at radius 1 is 1.44 bits per heavy atom. The first-order valence-electron chi connectivity index (χ1n) is 5.55. The number of benzene rings is 1. The molecule has 2 rings (SSSR count). The number of halogens is 1. The zero-order chi connectivity index (χ0) is 11.8. The first-order valence-corrected chi connectivity index (χ1v) is 5.92. The minimum absolute atomic E-state index is 0.124. The standard InChI is InChI=1S/C13H17ClO2/c1-13(2)11(15)7-12(13)16-8-9-5-3-4-6-10(9)14/h3-6,11-12,15H,7-8H2,1-2H3. The van der Waals surface area contributed by atoms with E-state index in [1.165, 1.54) is 0 Å². The highest BCUT2D eigenvalue weighted by Gasteiger charge is 2.48. The molecule has 0 saturated heterocycles. The van der Waals surface area contributed by atoms with E-state index < -0.39 is 0 Å². The van der Waals surface area contributed by atoms with E-state index >= 15 is 0 Å². The van der Waals surface area contributed by atoms with Crippen LogP contribution in [0.15, 0.2) is 24.3 Å². The zero-order valence-electron chi connectivity index (χ0n) is 9.61. The maximum absolute atomic E-state index is 9.59. The molecule has 88 valence electrons. The lowest BCUT2D eigenvalue weighted by atomic mass is 9.66. The highest BCUT2D eigenvalue weighted by Crippen LogP contribution is 2.43. The second-order valence-electron chi connectivity index (χ2n) is 4.96. The molecular weight excluding hydrogens is 224 g/mol. The summed E-state index contributed by atoms with van der Waals surface area (Å²) in [5, 5.41) is 10.3. The van der Waals surface area contributed by atoms with Crippen molar-refractivity contribution in [1.82, 2.24) is 0 Å². The van der Waals surface area contributed by atoms with E-state index in [1.54, 1.807) is 0 Å². The molecule has 0 aliphatic heterocycles. The molecule has 0 amide bonds. The van der Waals surface area contributed by atoms with Crippen molar-refractivity contribution >= 4 is 11.6 Å². The topological polar surface area (TPSA) is 29.5 Å². The molecule has 0 spiro atoms. The van der Waals surface area contributed by atoms with Crippen molar-refractivity contribution in [3.63, 3.8) is 0 Å². The van der Waals surface area contributed by atoms with Crippen molar-refractivity contribution in [3.05, 3.63) is 34.9 Å². The second kappa shape index (κ2) is 4.36. The third-order valence-electron chi connectivity index (χ3n) is 3.52. The van der Waals surface area contributed by atoms with Gasteiger partial charge in [-0.25, -0.2) is 0 Å². The van der Waals surface area contributed by atoms with Gasteiger partial charge in [-0.3, -0.25) is 0 Å². The molecule has 0 bridgehead atoms. The Morgan fingerprint density at radius 3 is 2.69 bits per heavy atom. The third kappa shape index (κ3) is 2.10. The van der Waals surface area contributed by atoms with Gasteiger partial charge in [-0.15, -0.1) is 0 Å². The first-order chi connectivity index (χ1) is 7.51. The fraction of sp³-hybridized carbons (Fsp3) is 0.538. The summed E-state index contributed by atoms with van der Waals surface area (Å²) in [4.78, 5) is 0. The quantitative estimate of drug-likeness (QED) is 0.880. The zero-order valence-corrected chi connectivity index (χ0v) is 10.4. The molecule has 2 atom stereocenters. The van der Waals surface area contributed by atoms with Crippen LogP contribution in [0.5, 0.6) is 0 Å². The van der Waals surface area contributed by atoms with Crippen molar-refractivity contribution in [2.75, 3.05) is 0 Å². The number of rotatable bonds is 3. The molecule has 1 saturated carbocycles. The molecule has 2 nitrogen and oxygen atoms in total. The maximum Gasteiger partial charge on any atom is 0.0735 e. The van der Waals surface area contributed by atoms with Crippen LogP contribution in [0.25, 0.3) is 0 Å². The summed E-state index contributed by atoms with van der Waals surface area (Å²) in [5.41, 5.74) is 0.864. The predicted molar refractivity (Wildman–Crippen MR) is 64.4 cm³/mol. The van der Waals surface area contributed by atoms with E-state index in [0.717, 1.165) is 17.0 Å². The van der Waals surface area contributed by atoms with Crippen molar-refractivity contribution < 1.29 is 9.84 Å². The molecule has 1 fully saturated rings. The molecule has 1 N–H and O–H groups in total. The Bertz CT molecular complexity index is 376. The van der Waals surface area contributed by atoms with Gasteiger partial charge in [0.25, 0.3) is 0 Å². The van der Waals surface area contributed by atoms with Crippen LogP contribution < -0.4 is 0 Å². The van der Waals surface area contributed by atoms with Crippen LogP contribution in [0, 0.1) is 5.41 Å². The Labute approximate surface area is 101 Å². The molecule has 0 heterocycles. The van der Waals surface area contributed by atoms with E-state index in [1.807, 2.05) is 38.1 Å². The number of hydrogen-bond acceptors (Lipinski definition) is 2. The minimum atomic E-state index is -0.247. The fourth-order valence-corrected chi connectivity index (χ4v) is 2.14. The van der Waals surface area contributed by atoms with E-state index in [0.29, 0.717) is 6.61 Å². The Kier molecular flexibility index (Phi) is 3.24. The summed E-state index contributed by atoms with van der Waals surface area (Å²) in [6, 6.07) is 7.68. The van der Waals surface area contributed by atoms with E-state index in [-0.39, 0.29) is 17.6 Å². The Hall–Kier alpha value is -0.570. The van der Waals surface area contributed by atoms with Crippen molar-refractivity contribution in [1.29, 1.82) is 0 Å². The number of aliphatic hydroxyl groups is 1. The summed E-state index contributed by atoms with van der Waals surface area (Å²) >= 11 is 6.04. The van der Waals surface area contributed by atoms with Crippen LogP contribution in [0.3, 0.4) is 0 Å². The molecule has 3 heteroatoms. The second-order valence-corrected chi connectivity index (χ2v) is 5.37. The van der Waals surface area contributed by atoms with E-state index in [9.17, 15) is 5.11 Å². The van der Waals surface area contributed by atoms with Crippen molar-refractivity contribution in [2.45, 2.75) is 39.1 Å². The summed E-state index contributed by atoms with van der Waals surface area (Å²) < 4.78 is 5.79. The van der Waals surface area contributed by atoms with Gasteiger partial charge >= 0.3 is 0 Å². The molecule has 0 aromatic heterocycles. The first kappa shape index (κ1) is 11.9.